The first-order valence-electron chi connectivity index (χ1n) is 9.17. The van der Waals surface area contributed by atoms with E-state index in [-0.39, 0.29) is 5.92 Å². The summed E-state index contributed by atoms with van der Waals surface area (Å²) >= 11 is 0. The lowest BCUT2D eigenvalue weighted by molar-refractivity contribution is -0.136. The zero-order chi connectivity index (χ0) is 17.1. The van der Waals surface area contributed by atoms with Crippen molar-refractivity contribution in [1.29, 1.82) is 0 Å². The van der Waals surface area contributed by atoms with E-state index in [0.717, 1.165) is 32.5 Å². The molecule has 4 heteroatoms. The van der Waals surface area contributed by atoms with Crippen LogP contribution >= 0.6 is 0 Å². The van der Waals surface area contributed by atoms with Crippen molar-refractivity contribution in [3.05, 3.63) is 36.0 Å². The van der Waals surface area contributed by atoms with Crippen LogP contribution in [-0.4, -0.2) is 34.9 Å². The molecule has 2 heterocycles. The Hall–Kier alpha value is -1.81. The van der Waals surface area contributed by atoms with E-state index in [2.05, 4.69) is 46.4 Å². The molecule has 0 bridgehead atoms. The fourth-order valence-electron chi connectivity index (χ4n) is 3.83. The first-order chi connectivity index (χ1) is 11.6. The molecule has 3 rings (SSSR count). The van der Waals surface area contributed by atoms with Crippen LogP contribution in [0.3, 0.4) is 0 Å². The fourth-order valence-corrected chi connectivity index (χ4v) is 3.83. The Kier molecular flexibility index (Phi) is 5.24. The summed E-state index contributed by atoms with van der Waals surface area (Å²) in [5.41, 5.74) is 2.53. The Morgan fingerprint density at radius 2 is 2.21 bits per heavy atom. The van der Waals surface area contributed by atoms with Crippen LogP contribution in [0.1, 0.15) is 39.2 Å². The lowest BCUT2D eigenvalue weighted by Crippen LogP contribution is -2.51. The van der Waals surface area contributed by atoms with Crippen molar-refractivity contribution in [2.75, 3.05) is 13.1 Å². The van der Waals surface area contributed by atoms with E-state index in [9.17, 15) is 4.79 Å². The molecule has 1 aliphatic heterocycles. The van der Waals surface area contributed by atoms with E-state index < -0.39 is 0 Å². The maximum Gasteiger partial charge on any atom is 0.225 e. The number of piperidine rings is 1. The third kappa shape index (κ3) is 3.48. The molecule has 1 saturated heterocycles. The number of aromatic amines is 1. The molecule has 2 aromatic rings. The maximum absolute atomic E-state index is 12.3. The van der Waals surface area contributed by atoms with Crippen LogP contribution in [0.2, 0.25) is 0 Å². The van der Waals surface area contributed by atoms with Gasteiger partial charge in [-0.3, -0.25) is 4.79 Å². The van der Waals surface area contributed by atoms with Gasteiger partial charge in [-0.15, -0.1) is 0 Å². The van der Waals surface area contributed by atoms with Gasteiger partial charge < -0.3 is 15.2 Å². The third-order valence-corrected chi connectivity index (χ3v) is 5.30. The Labute approximate surface area is 144 Å². The monoisotopic (exact) mass is 327 g/mol. The molecule has 0 spiro atoms. The number of carbonyl (C=O) groups is 1. The van der Waals surface area contributed by atoms with Gasteiger partial charge in [0, 0.05) is 48.7 Å². The molecule has 4 nitrogen and oxygen atoms in total. The number of likely N-dealkylation sites (tertiary alicyclic amines) is 1. The van der Waals surface area contributed by atoms with E-state index in [4.69, 9.17) is 0 Å². The molecule has 1 fully saturated rings. The molecule has 130 valence electrons. The number of nitrogens with zero attached hydrogens (tertiary/aromatic N) is 1. The summed E-state index contributed by atoms with van der Waals surface area (Å²) in [5.74, 6) is 0.925. The summed E-state index contributed by atoms with van der Waals surface area (Å²) in [6.07, 6.45) is 4.15. The van der Waals surface area contributed by atoms with E-state index in [1.54, 1.807) is 0 Å². The first-order valence-corrected chi connectivity index (χ1v) is 9.17. The van der Waals surface area contributed by atoms with Gasteiger partial charge in [-0.1, -0.05) is 39.3 Å². The Bertz CT molecular complexity index is 691. The Morgan fingerprint density at radius 1 is 1.38 bits per heavy atom. The van der Waals surface area contributed by atoms with Gasteiger partial charge in [-0.25, -0.2) is 0 Å². The van der Waals surface area contributed by atoms with Crippen LogP contribution in [0.25, 0.3) is 10.9 Å². The largest absolute Gasteiger partial charge is 0.361 e. The Morgan fingerprint density at radius 3 is 2.96 bits per heavy atom. The van der Waals surface area contributed by atoms with Crippen LogP contribution in [-0.2, 0) is 11.3 Å². The Balaban J connectivity index is 1.63. The van der Waals surface area contributed by atoms with E-state index in [1.165, 1.54) is 16.5 Å². The second-order valence-electron chi connectivity index (χ2n) is 7.24. The van der Waals surface area contributed by atoms with Crippen LogP contribution in [0, 0.1) is 11.8 Å². The summed E-state index contributed by atoms with van der Waals surface area (Å²) in [4.78, 5) is 17.6. The molecule has 0 radical (unpaired) electrons. The zero-order valence-electron chi connectivity index (χ0n) is 15.0. The zero-order valence-corrected chi connectivity index (χ0v) is 15.0. The number of carbonyl (C=O) groups excluding carboxylic acids is 1. The molecule has 0 aliphatic carbocycles. The van der Waals surface area contributed by atoms with E-state index in [1.807, 2.05) is 20.0 Å². The topological polar surface area (TPSA) is 48.1 Å². The van der Waals surface area contributed by atoms with E-state index >= 15 is 0 Å². The van der Waals surface area contributed by atoms with Gasteiger partial charge in [-0.05, 0) is 30.0 Å². The number of hydrogen-bond acceptors (Lipinski definition) is 2. The van der Waals surface area contributed by atoms with E-state index in [0.29, 0.717) is 17.9 Å². The molecule has 0 unspecified atom stereocenters. The highest BCUT2D eigenvalue weighted by Crippen LogP contribution is 2.23. The standard InChI is InChI=1S/C20H29N3O/c1-4-15-13-23(20(24)14(2)3)11-9-18(15)22-12-16-6-5-7-19-17(16)8-10-21-19/h5-8,10,14-15,18,21-22H,4,9,11-13H2,1-3H3/t15-,18+/m0/s1. The third-order valence-electron chi connectivity index (χ3n) is 5.30. The van der Waals surface area contributed by atoms with Crippen LogP contribution in [0.15, 0.2) is 30.5 Å². The normalized spacial score (nSPS) is 21.6. The molecule has 1 aromatic heterocycles. The molecule has 2 N–H and O–H groups in total. The summed E-state index contributed by atoms with van der Waals surface area (Å²) in [7, 11) is 0. The number of hydrogen-bond donors (Lipinski definition) is 2. The average Bonchev–Trinajstić information content (AvgIpc) is 3.08. The number of amides is 1. The van der Waals surface area contributed by atoms with Crippen molar-refractivity contribution in [2.24, 2.45) is 11.8 Å². The number of benzene rings is 1. The lowest BCUT2D eigenvalue weighted by Gasteiger charge is -2.39. The minimum atomic E-state index is 0.0956. The minimum absolute atomic E-state index is 0.0956. The van der Waals surface area contributed by atoms with Gasteiger partial charge in [0.25, 0.3) is 0 Å². The van der Waals surface area contributed by atoms with Gasteiger partial charge in [0.05, 0.1) is 0 Å². The SMILES string of the molecule is CC[C@H]1CN(C(=O)C(C)C)CC[C@H]1NCc1cccc2[nH]ccc12. The summed E-state index contributed by atoms with van der Waals surface area (Å²) in [5, 5.41) is 5.05. The predicted molar refractivity (Wildman–Crippen MR) is 98.7 cm³/mol. The molecule has 2 atom stereocenters. The van der Waals surface area contributed by atoms with Crippen molar-refractivity contribution in [3.63, 3.8) is 0 Å². The fraction of sp³-hybridized carbons (Fsp3) is 0.550. The average molecular weight is 327 g/mol. The highest BCUT2D eigenvalue weighted by molar-refractivity contribution is 5.82. The second kappa shape index (κ2) is 7.39. The number of rotatable bonds is 5. The molecule has 0 saturated carbocycles. The number of nitrogens with one attached hydrogen (secondary N) is 2. The van der Waals surface area contributed by atoms with Gasteiger partial charge >= 0.3 is 0 Å². The predicted octanol–water partition coefficient (Wildman–Crippen LogP) is 3.54. The van der Waals surface area contributed by atoms with Crippen molar-refractivity contribution >= 4 is 16.8 Å². The second-order valence-corrected chi connectivity index (χ2v) is 7.24. The van der Waals surface area contributed by atoms with Crippen LogP contribution < -0.4 is 5.32 Å². The van der Waals surface area contributed by atoms with Crippen LogP contribution in [0.5, 0.6) is 0 Å². The number of H-pyrrole nitrogens is 1. The first kappa shape index (κ1) is 17.0. The smallest absolute Gasteiger partial charge is 0.225 e. The molecular formula is C20H29N3O. The lowest BCUT2D eigenvalue weighted by atomic mass is 9.89. The molecule has 24 heavy (non-hydrogen) atoms. The van der Waals surface area contributed by atoms with Crippen molar-refractivity contribution in [3.8, 4) is 0 Å². The van der Waals surface area contributed by atoms with Gasteiger partial charge in [0.15, 0.2) is 0 Å². The minimum Gasteiger partial charge on any atom is -0.361 e. The van der Waals surface area contributed by atoms with Crippen molar-refractivity contribution in [2.45, 2.75) is 46.2 Å². The highest BCUT2D eigenvalue weighted by Gasteiger charge is 2.30. The molecule has 1 amide bonds. The van der Waals surface area contributed by atoms with Crippen molar-refractivity contribution in [1.82, 2.24) is 15.2 Å². The summed E-state index contributed by atoms with van der Waals surface area (Å²) in [6, 6.07) is 9.05. The maximum atomic E-state index is 12.3. The highest BCUT2D eigenvalue weighted by atomic mass is 16.2. The van der Waals surface area contributed by atoms with Gasteiger partial charge in [0.2, 0.25) is 5.91 Å². The van der Waals surface area contributed by atoms with Gasteiger partial charge in [0.1, 0.15) is 0 Å². The molecular weight excluding hydrogens is 298 g/mol. The quantitative estimate of drug-likeness (QED) is 0.882. The summed E-state index contributed by atoms with van der Waals surface area (Å²) in [6.45, 7) is 8.86. The summed E-state index contributed by atoms with van der Waals surface area (Å²) < 4.78 is 0. The van der Waals surface area contributed by atoms with Crippen LogP contribution in [0.4, 0.5) is 0 Å². The molecule has 1 aliphatic rings. The number of fused-ring (bicyclic) bond motifs is 1. The molecule has 1 aromatic carbocycles. The number of aromatic nitrogens is 1. The van der Waals surface area contributed by atoms with Gasteiger partial charge in [-0.2, -0.15) is 0 Å². The van der Waals surface area contributed by atoms with Crippen molar-refractivity contribution < 1.29 is 4.79 Å².